The molecule has 0 unspecified atom stereocenters. The first-order valence-electron chi connectivity index (χ1n) is 8.01. The molecule has 0 amide bonds. The van der Waals surface area contributed by atoms with Crippen LogP contribution in [-0.2, 0) is 23.3 Å². The zero-order valence-corrected chi connectivity index (χ0v) is 15.8. The Morgan fingerprint density at radius 3 is 2.52 bits per heavy atom. The van der Waals surface area contributed by atoms with E-state index in [-0.39, 0.29) is 27.0 Å². The molecule has 6 nitrogen and oxygen atoms in total. The highest BCUT2D eigenvalue weighted by Gasteiger charge is 2.34. The van der Waals surface area contributed by atoms with Gasteiger partial charge in [-0.1, -0.05) is 18.5 Å². The van der Waals surface area contributed by atoms with Crippen LogP contribution in [0.3, 0.4) is 0 Å². The molecule has 1 aliphatic rings. The third-order valence-corrected chi connectivity index (χ3v) is 6.10. The van der Waals surface area contributed by atoms with Crippen LogP contribution < -0.4 is 5.56 Å². The Bertz CT molecular complexity index is 1030. The standard InChI is InChI=1S/C17H19ClN2O4S/c1-4-10-12(25(3,23)24)8-7-11(14(10)18)16(21)13-15(9-5-6-9)19-20(2)17(13)22/h7-9,19H,4-6H2,1-3H3. The molecule has 1 saturated carbocycles. The molecule has 3 rings (SSSR count). The number of aryl methyl sites for hydroxylation is 1. The van der Waals surface area contributed by atoms with Crippen molar-refractivity contribution >= 4 is 27.2 Å². The number of sulfone groups is 1. The largest absolute Gasteiger partial charge is 0.299 e. The summed E-state index contributed by atoms with van der Waals surface area (Å²) < 4.78 is 25.1. The molecule has 1 heterocycles. The Labute approximate surface area is 150 Å². The summed E-state index contributed by atoms with van der Waals surface area (Å²) >= 11 is 6.37. The number of hydrogen-bond acceptors (Lipinski definition) is 4. The number of nitrogens with zero attached hydrogens (tertiary/aromatic N) is 1. The second-order valence-electron chi connectivity index (χ2n) is 6.40. The Morgan fingerprint density at radius 2 is 2.00 bits per heavy atom. The van der Waals surface area contributed by atoms with Crippen LogP contribution >= 0.6 is 11.6 Å². The van der Waals surface area contributed by atoms with E-state index in [1.165, 1.54) is 16.8 Å². The molecule has 134 valence electrons. The predicted octanol–water partition coefficient (Wildman–Crippen LogP) is 2.44. The van der Waals surface area contributed by atoms with Gasteiger partial charge in [0.25, 0.3) is 5.56 Å². The Morgan fingerprint density at radius 1 is 1.36 bits per heavy atom. The van der Waals surface area contributed by atoms with Gasteiger partial charge in [0.2, 0.25) is 5.78 Å². The molecule has 0 aliphatic heterocycles. The van der Waals surface area contributed by atoms with E-state index in [4.69, 9.17) is 11.6 Å². The molecule has 8 heteroatoms. The zero-order valence-electron chi connectivity index (χ0n) is 14.2. The molecular formula is C17H19ClN2O4S. The Balaban J connectivity index is 2.18. The van der Waals surface area contributed by atoms with Crippen molar-refractivity contribution in [3.05, 3.63) is 49.9 Å². The van der Waals surface area contributed by atoms with Crippen molar-refractivity contribution in [1.82, 2.24) is 9.78 Å². The second-order valence-corrected chi connectivity index (χ2v) is 8.76. The topological polar surface area (TPSA) is 89.0 Å². The summed E-state index contributed by atoms with van der Waals surface area (Å²) in [5.74, 6) is -0.281. The van der Waals surface area contributed by atoms with Gasteiger partial charge in [0.15, 0.2) is 9.84 Å². The van der Waals surface area contributed by atoms with Crippen molar-refractivity contribution in [3.63, 3.8) is 0 Å². The van der Waals surface area contributed by atoms with Gasteiger partial charge >= 0.3 is 0 Å². The number of ketones is 1. The fourth-order valence-electron chi connectivity index (χ4n) is 3.05. The highest BCUT2D eigenvalue weighted by atomic mass is 35.5. The van der Waals surface area contributed by atoms with Crippen LogP contribution in [0.5, 0.6) is 0 Å². The van der Waals surface area contributed by atoms with Crippen LogP contribution in [0.25, 0.3) is 0 Å². The van der Waals surface area contributed by atoms with Crippen LogP contribution in [0, 0.1) is 0 Å². The number of carbonyl (C=O) groups is 1. The number of H-pyrrole nitrogens is 1. The molecule has 0 atom stereocenters. The fourth-order valence-corrected chi connectivity index (χ4v) is 4.50. The summed E-state index contributed by atoms with van der Waals surface area (Å²) in [6.45, 7) is 1.77. The minimum Gasteiger partial charge on any atom is -0.299 e. The third kappa shape index (κ3) is 3.06. The molecule has 0 bridgehead atoms. The maximum atomic E-state index is 13.0. The molecule has 1 N–H and O–H groups in total. The van der Waals surface area contributed by atoms with Crippen molar-refractivity contribution in [1.29, 1.82) is 0 Å². The third-order valence-electron chi connectivity index (χ3n) is 4.49. The van der Waals surface area contributed by atoms with Crippen LogP contribution in [0.2, 0.25) is 5.02 Å². The summed E-state index contributed by atoms with van der Waals surface area (Å²) in [7, 11) is -1.89. The summed E-state index contributed by atoms with van der Waals surface area (Å²) in [6.07, 6.45) is 3.33. The van der Waals surface area contributed by atoms with Crippen molar-refractivity contribution in [2.24, 2.45) is 7.05 Å². The molecule has 1 aromatic heterocycles. The first-order chi connectivity index (χ1) is 11.7. The van der Waals surface area contributed by atoms with E-state index in [1.807, 2.05) is 0 Å². The second kappa shape index (κ2) is 6.14. The molecular weight excluding hydrogens is 364 g/mol. The zero-order chi connectivity index (χ0) is 18.5. The number of carbonyl (C=O) groups excluding carboxylic acids is 1. The molecule has 0 saturated heterocycles. The van der Waals surface area contributed by atoms with Crippen molar-refractivity contribution in [2.45, 2.75) is 37.0 Å². The molecule has 1 aromatic carbocycles. The van der Waals surface area contributed by atoms with Crippen LogP contribution in [0.1, 0.15) is 52.9 Å². The van der Waals surface area contributed by atoms with E-state index in [9.17, 15) is 18.0 Å². The van der Waals surface area contributed by atoms with Crippen molar-refractivity contribution in [2.75, 3.05) is 6.26 Å². The number of halogens is 1. The lowest BCUT2D eigenvalue weighted by atomic mass is 9.99. The Kier molecular flexibility index (Phi) is 4.41. The molecule has 25 heavy (non-hydrogen) atoms. The lowest BCUT2D eigenvalue weighted by Crippen LogP contribution is -2.20. The average Bonchev–Trinajstić information content (AvgIpc) is 3.32. The van der Waals surface area contributed by atoms with Gasteiger partial charge < -0.3 is 0 Å². The average molecular weight is 383 g/mol. The minimum atomic E-state index is -3.46. The van der Waals surface area contributed by atoms with Gasteiger partial charge in [-0.15, -0.1) is 0 Å². The summed E-state index contributed by atoms with van der Waals surface area (Å²) in [5.41, 5.74) is 0.896. The first kappa shape index (κ1) is 17.9. The van der Waals surface area contributed by atoms with Gasteiger partial charge in [-0.05, 0) is 37.0 Å². The fraction of sp³-hybridized carbons (Fsp3) is 0.412. The van der Waals surface area contributed by atoms with Gasteiger partial charge in [0.05, 0.1) is 15.6 Å². The quantitative estimate of drug-likeness (QED) is 0.804. The molecule has 1 aliphatic carbocycles. The first-order valence-corrected chi connectivity index (χ1v) is 10.3. The normalized spacial score (nSPS) is 14.7. The molecule has 1 fully saturated rings. The SMILES string of the molecule is CCc1c(S(C)(=O)=O)ccc(C(=O)c2c(C3CC3)[nH]n(C)c2=O)c1Cl. The highest BCUT2D eigenvalue weighted by Crippen LogP contribution is 2.41. The number of hydrogen-bond donors (Lipinski definition) is 1. The van der Waals surface area contributed by atoms with Gasteiger partial charge in [0.1, 0.15) is 5.56 Å². The lowest BCUT2D eigenvalue weighted by Gasteiger charge is -2.12. The lowest BCUT2D eigenvalue weighted by molar-refractivity contribution is 0.103. The monoisotopic (exact) mass is 382 g/mol. The smallest absolute Gasteiger partial charge is 0.277 e. The Hall–Kier alpha value is -1.86. The number of benzene rings is 1. The number of rotatable bonds is 5. The van der Waals surface area contributed by atoms with Gasteiger partial charge in [0, 0.05) is 24.8 Å². The van der Waals surface area contributed by atoms with E-state index in [2.05, 4.69) is 5.10 Å². The highest BCUT2D eigenvalue weighted by molar-refractivity contribution is 7.90. The van der Waals surface area contributed by atoms with E-state index in [0.29, 0.717) is 17.7 Å². The molecule has 2 aromatic rings. The van der Waals surface area contributed by atoms with Crippen LogP contribution in [0.15, 0.2) is 21.8 Å². The maximum Gasteiger partial charge on any atom is 0.277 e. The van der Waals surface area contributed by atoms with Crippen LogP contribution in [-0.4, -0.2) is 30.2 Å². The number of nitrogens with one attached hydrogen (secondary N) is 1. The van der Waals surface area contributed by atoms with Gasteiger partial charge in [-0.3, -0.25) is 19.4 Å². The molecule has 0 spiro atoms. The minimum absolute atomic E-state index is 0.0976. The van der Waals surface area contributed by atoms with E-state index < -0.39 is 21.2 Å². The van der Waals surface area contributed by atoms with E-state index in [1.54, 1.807) is 14.0 Å². The van der Waals surface area contributed by atoms with Crippen molar-refractivity contribution in [3.8, 4) is 0 Å². The van der Waals surface area contributed by atoms with Crippen LogP contribution in [0.4, 0.5) is 0 Å². The predicted molar refractivity (Wildman–Crippen MR) is 95.4 cm³/mol. The summed E-state index contributed by atoms with van der Waals surface area (Å²) in [5, 5.41) is 3.05. The van der Waals surface area contributed by atoms with Gasteiger partial charge in [-0.2, -0.15) is 0 Å². The molecule has 0 radical (unpaired) electrons. The van der Waals surface area contributed by atoms with Gasteiger partial charge in [-0.25, -0.2) is 8.42 Å². The van der Waals surface area contributed by atoms with E-state index in [0.717, 1.165) is 19.1 Å². The summed E-state index contributed by atoms with van der Waals surface area (Å²) in [6, 6.07) is 2.78. The van der Waals surface area contributed by atoms with E-state index >= 15 is 0 Å². The number of aromatic nitrogens is 2. The number of aromatic amines is 1. The van der Waals surface area contributed by atoms with Crippen molar-refractivity contribution < 1.29 is 13.2 Å². The maximum absolute atomic E-state index is 13.0. The summed E-state index contributed by atoms with van der Waals surface area (Å²) in [4.78, 5) is 25.5.